The van der Waals surface area contributed by atoms with Crippen molar-refractivity contribution in [1.29, 1.82) is 0 Å². The van der Waals surface area contributed by atoms with Crippen LogP contribution in [0.3, 0.4) is 0 Å². The van der Waals surface area contributed by atoms with Gasteiger partial charge >= 0.3 is 12.4 Å². The molecule has 0 spiro atoms. The molecule has 38 heavy (non-hydrogen) atoms. The number of nitrogen functional groups attached to an aromatic ring is 1. The first-order chi connectivity index (χ1) is 17.7. The van der Waals surface area contributed by atoms with Gasteiger partial charge in [0.05, 0.1) is 5.56 Å². The molecule has 8 nitrogen and oxygen atoms in total. The maximum absolute atomic E-state index is 14.9. The summed E-state index contributed by atoms with van der Waals surface area (Å²) in [4.78, 5) is 19.2. The van der Waals surface area contributed by atoms with E-state index >= 15 is 0 Å². The van der Waals surface area contributed by atoms with Crippen molar-refractivity contribution in [3.8, 4) is 28.6 Å². The summed E-state index contributed by atoms with van der Waals surface area (Å²) in [5.41, 5.74) is 4.66. The lowest BCUT2D eigenvalue weighted by Crippen LogP contribution is -2.23. The van der Waals surface area contributed by atoms with Gasteiger partial charge in [-0.1, -0.05) is 11.6 Å². The number of nitrogens with two attached hydrogens (primary N) is 2. The van der Waals surface area contributed by atoms with Gasteiger partial charge in [-0.25, -0.2) is 19.0 Å². The number of halogens is 8. The molecule has 0 bridgehead atoms. The van der Waals surface area contributed by atoms with E-state index in [1.165, 1.54) is 12.3 Å². The average molecular weight is 561 g/mol. The number of ether oxygens (including phenoxy) is 1. The Bertz CT molecular complexity index is 1550. The highest BCUT2D eigenvalue weighted by Crippen LogP contribution is 2.41. The van der Waals surface area contributed by atoms with E-state index in [0.29, 0.717) is 12.1 Å². The summed E-state index contributed by atoms with van der Waals surface area (Å²) in [5, 5.41) is 3.43. The number of pyridine rings is 2. The lowest BCUT2D eigenvalue weighted by molar-refractivity contribution is -0.145. The fourth-order valence-corrected chi connectivity index (χ4v) is 3.58. The lowest BCUT2D eigenvalue weighted by Gasteiger charge is -2.15. The molecule has 4 aromatic rings. The second kappa shape index (κ2) is 9.48. The Hall–Kier alpha value is -4.40. The third-order valence-corrected chi connectivity index (χ3v) is 5.38. The minimum Gasteiger partial charge on any atom is -0.453 e. The van der Waals surface area contributed by atoms with Crippen LogP contribution in [0.2, 0.25) is 5.02 Å². The van der Waals surface area contributed by atoms with Gasteiger partial charge in [-0.3, -0.25) is 4.79 Å². The molecule has 0 aliphatic carbocycles. The molecule has 3 aromatic heterocycles. The predicted octanol–water partition coefficient (Wildman–Crippen LogP) is 5.63. The van der Waals surface area contributed by atoms with Gasteiger partial charge < -0.3 is 16.2 Å². The van der Waals surface area contributed by atoms with Gasteiger partial charge in [0.15, 0.2) is 28.8 Å². The average Bonchev–Trinajstić information content (AvgIpc) is 3.24. The summed E-state index contributed by atoms with van der Waals surface area (Å²) in [7, 11) is 0. The Balaban J connectivity index is 1.91. The van der Waals surface area contributed by atoms with E-state index in [1.54, 1.807) is 0 Å². The van der Waals surface area contributed by atoms with Gasteiger partial charge in [-0.15, -0.1) is 0 Å². The summed E-state index contributed by atoms with van der Waals surface area (Å²) in [6.45, 7) is 0. The maximum Gasteiger partial charge on any atom is 0.434 e. The third-order valence-electron chi connectivity index (χ3n) is 5.00. The Morgan fingerprint density at radius 1 is 0.974 bits per heavy atom. The Kier molecular flexibility index (Phi) is 6.65. The number of nitrogens with zero attached hydrogens (tertiary/aromatic N) is 4. The molecule has 0 fully saturated rings. The maximum atomic E-state index is 14.9. The summed E-state index contributed by atoms with van der Waals surface area (Å²) in [6, 6.07) is 5.23. The van der Waals surface area contributed by atoms with Crippen LogP contribution in [0.1, 0.15) is 21.6 Å². The molecule has 0 radical (unpaired) electrons. The molecule has 1 aromatic carbocycles. The number of carbonyl (C=O) groups excluding carboxylic acids is 1. The van der Waals surface area contributed by atoms with Crippen LogP contribution in [-0.2, 0) is 12.4 Å². The summed E-state index contributed by atoms with van der Waals surface area (Å²) in [5.74, 6) is -4.77. The summed E-state index contributed by atoms with van der Waals surface area (Å²) < 4.78 is 103. The van der Waals surface area contributed by atoms with Crippen molar-refractivity contribution in [3.63, 3.8) is 0 Å². The van der Waals surface area contributed by atoms with Gasteiger partial charge in [0.1, 0.15) is 22.1 Å². The largest absolute Gasteiger partial charge is 0.453 e. The molecule has 0 aliphatic heterocycles. The molecule has 1 amide bonds. The zero-order valence-corrected chi connectivity index (χ0v) is 19.2. The Morgan fingerprint density at radius 3 is 2.29 bits per heavy atom. The third kappa shape index (κ3) is 4.91. The minimum atomic E-state index is -5.42. The zero-order chi connectivity index (χ0) is 28.0. The van der Waals surface area contributed by atoms with Gasteiger partial charge in [-0.2, -0.15) is 31.4 Å². The van der Waals surface area contributed by atoms with Crippen LogP contribution in [0, 0.1) is 5.82 Å². The van der Waals surface area contributed by atoms with Crippen LogP contribution >= 0.6 is 11.6 Å². The van der Waals surface area contributed by atoms with Gasteiger partial charge in [-0.05, 0) is 30.3 Å². The first-order valence-corrected chi connectivity index (χ1v) is 10.5. The van der Waals surface area contributed by atoms with Crippen molar-refractivity contribution < 1.29 is 40.3 Å². The SMILES string of the molecule is NC(=O)c1c(-c2ccc(Oc3ccnc(N)c3Cl)c(F)c2)nn(-c2ncccc2C(F)(F)F)c1C(F)(F)F. The number of alkyl halides is 6. The molecule has 4 rings (SSSR count). The lowest BCUT2D eigenvalue weighted by atomic mass is 10.0. The van der Waals surface area contributed by atoms with Crippen LogP contribution in [0.15, 0.2) is 48.8 Å². The molecule has 16 heteroatoms. The Labute approximate surface area is 212 Å². The first-order valence-electron chi connectivity index (χ1n) is 10.1. The summed E-state index contributed by atoms with van der Waals surface area (Å²) in [6.07, 6.45) is -8.53. The van der Waals surface area contributed by atoms with E-state index in [1.807, 2.05) is 0 Å². The molecule has 0 saturated heterocycles. The Morgan fingerprint density at radius 2 is 1.68 bits per heavy atom. The van der Waals surface area contributed by atoms with E-state index in [0.717, 1.165) is 24.4 Å². The van der Waals surface area contributed by atoms with Crippen LogP contribution in [0.25, 0.3) is 17.1 Å². The van der Waals surface area contributed by atoms with Crippen molar-refractivity contribution in [2.24, 2.45) is 5.73 Å². The zero-order valence-electron chi connectivity index (χ0n) is 18.4. The summed E-state index contributed by atoms with van der Waals surface area (Å²) >= 11 is 5.95. The second-order valence-corrected chi connectivity index (χ2v) is 7.85. The molecule has 0 unspecified atom stereocenters. The number of benzene rings is 1. The van der Waals surface area contributed by atoms with E-state index in [4.69, 9.17) is 27.8 Å². The topological polar surface area (TPSA) is 122 Å². The number of primary amides is 1. The highest BCUT2D eigenvalue weighted by Gasteiger charge is 2.45. The molecule has 4 N–H and O–H groups in total. The normalized spacial score (nSPS) is 12.0. The van der Waals surface area contributed by atoms with Gasteiger partial charge in [0.2, 0.25) is 0 Å². The molecule has 0 aliphatic rings. The predicted molar refractivity (Wildman–Crippen MR) is 119 cm³/mol. The molecular weight excluding hydrogens is 549 g/mol. The number of hydrogen-bond donors (Lipinski definition) is 2. The van der Waals surface area contributed by atoms with E-state index in [-0.39, 0.29) is 21.3 Å². The van der Waals surface area contributed by atoms with Crippen LogP contribution in [0.5, 0.6) is 11.5 Å². The molecule has 0 saturated carbocycles. The fourth-order valence-electron chi connectivity index (χ4n) is 3.43. The minimum absolute atomic E-state index is 0.0953. The van der Waals surface area contributed by atoms with E-state index < -0.39 is 63.7 Å². The van der Waals surface area contributed by atoms with Crippen molar-refractivity contribution in [2.75, 3.05) is 5.73 Å². The number of hydrogen-bond acceptors (Lipinski definition) is 6. The monoisotopic (exact) mass is 560 g/mol. The van der Waals surface area contributed by atoms with Gasteiger partial charge in [0.25, 0.3) is 5.91 Å². The molecule has 3 heterocycles. The number of carbonyl (C=O) groups is 1. The van der Waals surface area contributed by atoms with Crippen LogP contribution in [-0.4, -0.2) is 25.7 Å². The number of aromatic nitrogens is 4. The molecule has 0 atom stereocenters. The van der Waals surface area contributed by atoms with Crippen molar-refractivity contribution in [2.45, 2.75) is 12.4 Å². The fraction of sp³-hybridized carbons (Fsp3) is 0.0909. The van der Waals surface area contributed by atoms with Crippen molar-refractivity contribution in [1.82, 2.24) is 19.7 Å². The second-order valence-electron chi connectivity index (χ2n) is 7.47. The number of rotatable bonds is 5. The quantitative estimate of drug-likeness (QED) is 0.305. The molecule has 198 valence electrons. The standard InChI is InChI=1S/C22H12ClF7N6O2/c23-15-13(5-7-33-18(15)31)38-12-4-3-9(8-11(12)24)16-14(19(32)37)17(22(28,29)30)36(35-16)20-10(21(25,26)27)2-1-6-34-20/h1-8H,(H2,31,33)(H2,32,37). The first kappa shape index (κ1) is 26.7. The number of amides is 1. The van der Waals surface area contributed by atoms with E-state index in [9.17, 15) is 35.5 Å². The van der Waals surface area contributed by atoms with Crippen LogP contribution in [0.4, 0.5) is 36.6 Å². The smallest absolute Gasteiger partial charge is 0.434 e. The van der Waals surface area contributed by atoms with Gasteiger partial charge in [0, 0.05) is 24.0 Å². The number of anilines is 1. The highest BCUT2D eigenvalue weighted by atomic mass is 35.5. The van der Waals surface area contributed by atoms with E-state index in [2.05, 4.69) is 15.1 Å². The highest BCUT2D eigenvalue weighted by molar-refractivity contribution is 6.34. The van der Waals surface area contributed by atoms with Crippen molar-refractivity contribution >= 4 is 23.3 Å². The van der Waals surface area contributed by atoms with Crippen molar-refractivity contribution in [3.05, 3.63) is 76.5 Å². The molecular formula is C22H12ClF7N6O2. The van der Waals surface area contributed by atoms with Crippen LogP contribution < -0.4 is 16.2 Å².